The Kier molecular flexibility index (Phi) is 8.11. The quantitative estimate of drug-likeness (QED) is 0.492. The second kappa shape index (κ2) is 10.7. The molecule has 3 rings (SSSR count). The van der Waals surface area contributed by atoms with Crippen LogP contribution in [0.15, 0.2) is 30.3 Å². The van der Waals surface area contributed by atoms with Crippen LogP contribution in [-0.2, 0) is 14.3 Å². The number of carbonyl (C=O) groups excluding carboxylic acids is 3. The molecule has 0 saturated heterocycles. The lowest BCUT2D eigenvalue weighted by atomic mass is 10.00. The average molecular weight is 499 g/mol. The molecule has 1 fully saturated rings. The first-order chi connectivity index (χ1) is 16.7. The molecule has 36 heavy (non-hydrogen) atoms. The summed E-state index contributed by atoms with van der Waals surface area (Å²) in [6, 6.07) is 8.74. The highest BCUT2D eigenvalue weighted by Gasteiger charge is 2.28. The van der Waals surface area contributed by atoms with E-state index in [1.54, 1.807) is 78.8 Å². The number of ether oxygens (including phenoxy) is 2. The molecule has 2 amide bonds. The molecule has 0 bridgehead atoms. The van der Waals surface area contributed by atoms with E-state index in [-0.39, 0.29) is 11.8 Å². The molecule has 0 radical (unpaired) electrons. The summed E-state index contributed by atoms with van der Waals surface area (Å²) < 4.78 is 11.9. The lowest BCUT2D eigenvalue weighted by Crippen LogP contribution is -2.30. The number of amides is 2. The summed E-state index contributed by atoms with van der Waals surface area (Å²) in [6.07, 6.45) is 3.10. The highest BCUT2D eigenvalue weighted by Crippen LogP contribution is 2.35. The van der Waals surface area contributed by atoms with Crippen LogP contribution >= 0.6 is 0 Å². The van der Waals surface area contributed by atoms with Gasteiger partial charge in [-0.15, -0.1) is 4.68 Å². The van der Waals surface area contributed by atoms with Crippen molar-refractivity contribution >= 4 is 29.6 Å². The fraction of sp³-hybridized carbons (Fsp3) is 0.556. The minimum Gasteiger partial charge on any atom is -0.444 e. The van der Waals surface area contributed by atoms with Gasteiger partial charge in [0.25, 0.3) is 0 Å². The molecule has 1 atom stereocenters. The summed E-state index contributed by atoms with van der Waals surface area (Å²) in [4.78, 5) is 37.9. The largest absolute Gasteiger partial charge is 0.444 e. The van der Waals surface area contributed by atoms with Gasteiger partial charge in [0, 0.05) is 17.7 Å². The number of rotatable bonds is 5. The Balaban J connectivity index is 1.73. The predicted octanol–water partition coefficient (Wildman–Crippen LogP) is 6.41. The van der Waals surface area contributed by atoms with Crippen molar-refractivity contribution in [1.29, 1.82) is 0 Å². The molecule has 9 heteroatoms. The molecule has 1 aromatic carbocycles. The maximum absolute atomic E-state index is 13.1. The van der Waals surface area contributed by atoms with Crippen molar-refractivity contribution in [3.63, 3.8) is 0 Å². The molecule has 1 saturated carbocycles. The van der Waals surface area contributed by atoms with Crippen LogP contribution in [0.5, 0.6) is 0 Å². The van der Waals surface area contributed by atoms with Crippen LogP contribution in [0.25, 0.3) is 0 Å². The number of anilines is 2. The molecule has 1 aliphatic rings. The summed E-state index contributed by atoms with van der Waals surface area (Å²) >= 11 is 0. The predicted molar refractivity (Wildman–Crippen MR) is 138 cm³/mol. The number of nitrogens with zero attached hydrogens (tertiary/aromatic N) is 2. The van der Waals surface area contributed by atoms with Crippen molar-refractivity contribution in [3.05, 3.63) is 41.6 Å². The molecular formula is C27H38N4O5. The van der Waals surface area contributed by atoms with E-state index in [9.17, 15) is 14.4 Å². The Morgan fingerprint density at radius 2 is 1.53 bits per heavy atom. The van der Waals surface area contributed by atoms with E-state index >= 15 is 0 Å². The standard InChI is InChI=1S/C27H38N4O5/c1-17(18-12-14-20(15-13-18)28-24(33)35-26(2,3)4)23(32)29-22-16-21(19-10-8-9-11-19)30-31(22)25(34)36-27(5,6)7/h12-17,19H,8-11H2,1-7H3,(H,28,33)(H,29,32)/t17-/m1/s1. The minimum absolute atomic E-state index is 0.270. The van der Waals surface area contributed by atoms with Crippen LogP contribution in [0.3, 0.4) is 0 Å². The Morgan fingerprint density at radius 1 is 0.944 bits per heavy atom. The van der Waals surface area contributed by atoms with E-state index in [4.69, 9.17) is 9.47 Å². The first-order valence-corrected chi connectivity index (χ1v) is 12.5. The lowest BCUT2D eigenvalue weighted by Gasteiger charge is -2.20. The van der Waals surface area contributed by atoms with Gasteiger partial charge in [0.05, 0.1) is 11.6 Å². The fourth-order valence-electron chi connectivity index (χ4n) is 4.02. The van der Waals surface area contributed by atoms with Gasteiger partial charge in [-0.2, -0.15) is 5.10 Å². The molecule has 1 aromatic heterocycles. The van der Waals surface area contributed by atoms with Crippen LogP contribution in [0.2, 0.25) is 0 Å². The van der Waals surface area contributed by atoms with Gasteiger partial charge in [0.2, 0.25) is 5.91 Å². The summed E-state index contributed by atoms with van der Waals surface area (Å²) in [5, 5.41) is 10.0. The molecule has 2 N–H and O–H groups in total. The molecular weight excluding hydrogens is 460 g/mol. The van der Waals surface area contributed by atoms with Crippen molar-refractivity contribution in [2.75, 3.05) is 10.6 Å². The number of carbonyl (C=O) groups is 3. The fourth-order valence-corrected chi connectivity index (χ4v) is 4.02. The maximum Gasteiger partial charge on any atom is 0.437 e. The van der Waals surface area contributed by atoms with Gasteiger partial charge in [-0.3, -0.25) is 10.1 Å². The third kappa shape index (κ3) is 7.57. The smallest absolute Gasteiger partial charge is 0.437 e. The molecule has 0 unspecified atom stereocenters. The van der Waals surface area contributed by atoms with Crippen LogP contribution in [0, 0.1) is 0 Å². The topological polar surface area (TPSA) is 112 Å². The van der Waals surface area contributed by atoms with Crippen molar-refractivity contribution in [2.24, 2.45) is 0 Å². The number of aromatic nitrogens is 2. The van der Waals surface area contributed by atoms with E-state index < -0.39 is 29.3 Å². The Morgan fingerprint density at radius 3 is 2.08 bits per heavy atom. The average Bonchev–Trinajstić information content (AvgIpc) is 3.41. The lowest BCUT2D eigenvalue weighted by molar-refractivity contribution is -0.117. The first-order valence-electron chi connectivity index (χ1n) is 12.5. The van der Waals surface area contributed by atoms with Crippen LogP contribution in [0.1, 0.15) is 97.2 Å². The Labute approximate surface area is 212 Å². The monoisotopic (exact) mass is 498 g/mol. The van der Waals surface area contributed by atoms with Crippen molar-refractivity contribution < 1.29 is 23.9 Å². The molecule has 0 aliphatic heterocycles. The van der Waals surface area contributed by atoms with E-state index in [1.165, 1.54) is 0 Å². The zero-order chi connectivity index (χ0) is 26.7. The zero-order valence-corrected chi connectivity index (χ0v) is 22.3. The molecule has 1 heterocycles. The molecule has 1 aliphatic carbocycles. The number of hydrogen-bond donors (Lipinski definition) is 2. The summed E-state index contributed by atoms with van der Waals surface area (Å²) in [6.45, 7) is 12.5. The SMILES string of the molecule is C[C@@H](C(=O)Nc1cc(C2CCCC2)nn1C(=O)OC(C)(C)C)c1ccc(NC(=O)OC(C)(C)C)cc1. The van der Waals surface area contributed by atoms with E-state index in [2.05, 4.69) is 15.7 Å². The summed E-state index contributed by atoms with van der Waals surface area (Å²) in [5.41, 5.74) is 0.811. The normalized spacial score (nSPS) is 15.3. The van der Waals surface area contributed by atoms with Gasteiger partial charge >= 0.3 is 12.2 Å². The van der Waals surface area contributed by atoms with Crippen molar-refractivity contribution in [3.8, 4) is 0 Å². The van der Waals surface area contributed by atoms with Crippen molar-refractivity contribution in [1.82, 2.24) is 9.78 Å². The Hall–Kier alpha value is -3.36. The Bertz CT molecular complexity index is 1090. The third-order valence-corrected chi connectivity index (χ3v) is 5.77. The highest BCUT2D eigenvalue weighted by molar-refractivity contribution is 5.96. The van der Waals surface area contributed by atoms with Gasteiger partial charge in [-0.1, -0.05) is 25.0 Å². The van der Waals surface area contributed by atoms with E-state index in [0.29, 0.717) is 11.5 Å². The molecule has 9 nitrogen and oxygen atoms in total. The maximum atomic E-state index is 13.1. The van der Waals surface area contributed by atoms with Crippen molar-refractivity contribution in [2.45, 2.75) is 97.2 Å². The van der Waals surface area contributed by atoms with Gasteiger partial charge in [0.1, 0.15) is 17.0 Å². The second-order valence-corrected chi connectivity index (χ2v) is 11.3. The van der Waals surface area contributed by atoms with Gasteiger partial charge < -0.3 is 14.8 Å². The van der Waals surface area contributed by atoms with E-state index in [1.807, 2.05) is 0 Å². The molecule has 2 aromatic rings. The number of hydrogen-bond acceptors (Lipinski definition) is 6. The summed E-state index contributed by atoms with van der Waals surface area (Å²) in [7, 11) is 0. The molecule has 196 valence electrons. The highest BCUT2D eigenvalue weighted by atomic mass is 16.6. The van der Waals surface area contributed by atoms with Crippen LogP contribution < -0.4 is 10.6 Å². The van der Waals surface area contributed by atoms with Gasteiger partial charge in [-0.05, 0) is 79.0 Å². The number of benzene rings is 1. The van der Waals surface area contributed by atoms with Crippen LogP contribution in [-0.4, -0.2) is 39.1 Å². The third-order valence-electron chi connectivity index (χ3n) is 5.77. The summed E-state index contributed by atoms with van der Waals surface area (Å²) in [5.74, 6) is -0.235. The second-order valence-electron chi connectivity index (χ2n) is 11.3. The molecule has 0 spiro atoms. The zero-order valence-electron chi connectivity index (χ0n) is 22.3. The van der Waals surface area contributed by atoms with Crippen LogP contribution in [0.4, 0.5) is 21.1 Å². The first kappa shape index (κ1) is 27.2. The van der Waals surface area contributed by atoms with Gasteiger partial charge in [0.15, 0.2) is 0 Å². The number of nitrogens with one attached hydrogen (secondary N) is 2. The van der Waals surface area contributed by atoms with Gasteiger partial charge in [-0.25, -0.2) is 9.59 Å². The minimum atomic E-state index is -0.694. The van der Waals surface area contributed by atoms with E-state index in [0.717, 1.165) is 41.6 Å².